The lowest BCUT2D eigenvalue weighted by Gasteiger charge is -2.29. The second-order valence-corrected chi connectivity index (χ2v) is 8.34. The molecule has 0 unspecified atom stereocenters. The van der Waals surface area contributed by atoms with Gasteiger partial charge in [0.1, 0.15) is 11.6 Å². The number of nitrogens with zero attached hydrogens (tertiary/aromatic N) is 4. The summed E-state index contributed by atoms with van der Waals surface area (Å²) in [7, 11) is 2.89. The molecule has 1 saturated carbocycles. The van der Waals surface area contributed by atoms with Gasteiger partial charge in [0.25, 0.3) is 0 Å². The smallest absolute Gasteiger partial charge is 0.407 e. The van der Waals surface area contributed by atoms with Crippen molar-refractivity contribution in [3.63, 3.8) is 0 Å². The number of rotatable bonds is 6. The molecule has 10 nitrogen and oxygen atoms in total. The molecule has 0 saturated heterocycles. The molecule has 2 aromatic rings. The molecule has 1 aliphatic carbocycles. The molecule has 0 bridgehead atoms. The maximum Gasteiger partial charge on any atom is 0.407 e. The van der Waals surface area contributed by atoms with Crippen molar-refractivity contribution >= 4 is 23.6 Å². The Kier molecular flexibility index (Phi) is 8.47. The first-order valence-corrected chi connectivity index (χ1v) is 11.3. The van der Waals surface area contributed by atoms with Crippen molar-refractivity contribution in [3.05, 3.63) is 41.6 Å². The van der Waals surface area contributed by atoms with Gasteiger partial charge in [0.15, 0.2) is 0 Å². The van der Waals surface area contributed by atoms with Crippen molar-refractivity contribution < 1.29 is 19.4 Å². The molecule has 3 atom stereocenters. The van der Waals surface area contributed by atoms with E-state index in [0.29, 0.717) is 29.4 Å². The van der Waals surface area contributed by atoms with Crippen molar-refractivity contribution in [1.82, 2.24) is 20.2 Å². The number of methoxy groups -OCH3 is 1. The molecule has 1 aromatic carbocycles. The van der Waals surface area contributed by atoms with Crippen LogP contribution in [0.1, 0.15) is 43.7 Å². The van der Waals surface area contributed by atoms with E-state index >= 15 is 0 Å². The van der Waals surface area contributed by atoms with E-state index in [1.54, 1.807) is 37.4 Å². The number of carboxylic acid groups (broad SMARTS) is 1. The van der Waals surface area contributed by atoms with Crippen LogP contribution in [0.5, 0.6) is 5.88 Å². The third-order valence-corrected chi connectivity index (χ3v) is 5.91. The Morgan fingerprint density at radius 3 is 2.69 bits per heavy atom. The first kappa shape index (κ1) is 25.3. The number of benzene rings is 1. The summed E-state index contributed by atoms with van der Waals surface area (Å²) in [6.45, 7) is 1.57. The molecule has 0 radical (unpaired) electrons. The standard InChI is InChI=1S/C25H28N6O4/c1-16(31(2)25(33)34)22(32)28-21-6-4-5-17(13-21)7-10-19-15-27-24(30-23(19)35-3)29-20-11-8-18(14-26)9-12-20/h8-9,11-12,15-17,21H,4-6,13H2,1-3H3,(H,28,32)(H,33,34)(H,27,29,30)/t16-,17-,21-/m0/s1. The Bertz CT molecular complexity index is 1170. The summed E-state index contributed by atoms with van der Waals surface area (Å²) in [5.74, 6) is 6.81. The van der Waals surface area contributed by atoms with Crippen LogP contribution >= 0.6 is 0 Å². The number of carbonyl (C=O) groups is 2. The highest BCUT2D eigenvalue weighted by molar-refractivity contribution is 5.85. The van der Waals surface area contributed by atoms with Crippen LogP contribution in [-0.4, -0.2) is 58.2 Å². The quantitative estimate of drug-likeness (QED) is 0.540. The maximum absolute atomic E-state index is 12.4. The monoisotopic (exact) mass is 476 g/mol. The zero-order chi connectivity index (χ0) is 25.4. The molecule has 1 fully saturated rings. The fourth-order valence-corrected chi connectivity index (χ4v) is 3.72. The van der Waals surface area contributed by atoms with Gasteiger partial charge in [0.2, 0.25) is 17.7 Å². The normalized spacial score (nSPS) is 17.7. The Labute approximate surface area is 204 Å². The second kappa shape index (κ2) is 11.7. The topological polar surface area (TPSA) is 140 Å². The van der Waals surface area contributed by atoms with Gasteiger partial charge in [0.05, 0.1) is 24.9 Å². The fourth-order valence-electron chi connectivity index (χ4n) is 3.72. The molecule has 35 heavy (non-hydrogen) atoms. The molecule has 1 aliphatic rings. The maximum atomic E-state index is 12.4. The average molecular weight is 477 g/mol. The zero-order valence-corrected chi connectivity index (χ0v) is 19.9. The Balaban J connectivity index is 1.63. The number of hydrogen-bond donors (Lipinski definition) is 3. The van der Waals surface area contributed by atoms with E-state index in [9.17, 15) is 9.59 Å². The molecule has 1 aromatic heterocycles. The summed E-state index contributed by atoms with van der Waals surface area (Å²) < 4.78 is 5.40. The number of nitrogens with one attached hydrogen (secondary N) is 2. The van der Waals surface area contributed by atoms with Crippen LogP contribution in [0.3, 0.4) is 0 Å². The first-order chi connectivity index (χ1) is 16.8. The van der Waals surface area contributed by atoms with Crippen LogP contribution in [-0.2, 0) is 4.79 Å². The summed E-state index contributed by atoms with van der Waals surface area (Å²) in [5.41, 5.74) is 1.86. The summed E-state index contributed by atoms with van der Waals surface area (Å²) in [5, 5.41) is 24.0. The van der Waals surface area contributed by atoms with Gasteiger partial charge in [-0.1, -0.05) is 18.3 Å². The Morgan fingerprint density at radius 1 is 1.29 bits per heavy atom. The Hall–Kier alpha value is -4.31. The summed E-state index contributed by atoms with van der Waals surface area (Å²) in [6, 6.07) is 8.17. The second-order valence-electron chi connectivity index (χ2n) is 8.34. The van der Waals surface area contributed by atoms with E-state index in [2.05, 4.69) is 38.5 Å². The largest absolute Gasteiger partial charge is 0.480 e. The molecule has 3 rings (SSSR count). The number of ether oxygens (including phenoxy) is 1. The molecule has 10 heteroatoms. The molecule has 182 valence electrons. The SMILES string of the molecule is COc1nc(Nc2ccc(C#N)cc2)ncc1C#C[C@@H]1CCC[C@H](NC(=O)[C@H](C)N(C)C(=O)O)C1. The minimum atomic E-state index is -1.14. The van der Waals surface area contributed by atoms with Crippen LogP contribution in [0.15, 0.2) is 30.5 Å². The van der Waals surface area contributed by atoms with Crippen LogP contribution in [0.2, 0.25) is 0 Å². The zero-order valence-electron chi connectivity index (χ0n) is 19.9. The van der Waals surface area contributed by atoms with E-state index in [1.807, 2.05) is 0 Å². The highest BCUT2D eigenvalue weighted by atomic mass is 16.5. The van der Waals surface area contributed by atoms with Crippen LogP contribution < -0.4 is 15.4 Å². The fraction of sp³-hybridized carbons (Fsp3) is 0.400. The third kappa shape index (κ3) is 6.84. The first-order valence-electron chi connectivity index (χ1n) is 11.3. The van der Waals surface area contributed by atoms with Gasteiger partial charge < -0.3 is 20.5 Å². The molecule has 0 aliphatic heterocycles. The van der Waals surface area contributed by atoms with Crippen molar-refractivity contribution in [2.45, 2.75) is 44.7 Å². The number of aromatic nitrogens is 2. The van der Waals surface area contributed by atoms with Gasteiger partial charge >= 0.3 is 6.09 Å². The van der Waals surface area contributed by atoms with E-state index in [4.69, 9.17) is 15.1 Å². The van der Waals surface area contributed by atoms with Crippen molar-refractivity contribution in [1.29, 1.82) is 5.26 Å². The molecule has 3 N–H and O–H groups in total. The molecule has 2 amide bonds. The summed E-state index contributed by atoms with van der Waals surface area (Å²) in [6.07, 6.45) is 3.78. The lowest BCUT2D eigenvalue weighted by molar-refractivity contribution is -0.125. The van der Waals surface area contributed by atoms with E-state index in [0.717, 1.165) is 29.8 Å². The molecular formula is C25H28N6O4. The van der Waals surface area contributed by atoms with Gasteiger partial charge in [-0.15, -0.1) is 0 Å². The molecular weight excluding hydrogens is 448 g/mol. The minimum Gasteiger partial charge on any atom is -0.480 e. The predicted molar refractivity (Wildman–Crippen MR) is 129 cm³/mol. The van der Waals surface area contributed by atoms with Crippen LogP contribution in [0.4, 0.5) is 16.4 Å². The van der Waals surface area contributed by atoms with Gasteiger partial charge in [-0.25, -0.2) is 9.78 Å². The Morgan fingerprint density at radius 2 is 2.03 bits per heavy atom. The number of hydrogen-bond acceptors (Lipinski definition) is 7. The van der Waals surface area contributed by atoms with Crippen LogP contribution in [0, 0.1) is 29.1 Å². The highest BCUT2D eigenvalue weighted by Crippen LogP contribution is 2.25. The van der Waals surface area contributed by atoms with Gasteiger partial charge in [-0.05, 0) is 50.5 Å². The number of carbonyl (C=O) groups excluding carboxylic acids is 1. The van der Waals surface area contributed by atoms with Crippen molar-refractivity contribution in [2.24, 2.45) is 5.92 Å². The summed E-state index contributed by atoms with van der Waals surface area (Å²) in [4.78, 5) is 33.2. The van der Waals surface area contributed by atoms with E-state index in [1.165, 1.54) is 14.2 Å². The average Bonchev–Trinajstić information content (AvgIpc) is 2.87. The summed E-state index contributed by atoms with van der Waals surface area (Å²) >= 11 is 0. The third-order valence-electron chi connectivity index (χ3n) is 5.91. The number of amides is 2. The molecule has 0 spiro atoms. The van der Waals surface area contributed by atoms with Gasteiger partial charge in [0, 0.05) is 24.7 Å². The number of likely N-dealkylation sites (N-methyl/N-ethyl adjacent to an activating group) is 1. The van der Waals surface area contributed by atoms with Gasteiger partial charge in [-0.3, -0.25) is 9.69 Å². The number of nitriles is 1. The lowest BCUT2D eigenvalue weighted by Crippen LogP contribution is -2.49. The van der Waals surface area contributed by atoms with Crippen molar-refractivity contribution in [2.75, 3.05) is 19.5 Å². The van der Waals surface area contributed by atoms with E-state index in [-0.39, 0.29) is 17.9 Å². The predicted octanol–water partition coefficient (Wildman–Crippen LogP) is 3.13. The lowest BCUT2D eigenvalue weighted by atomic mass is 9.86. The van der Waals surface area contributed by atoms with Crippen LogP contribution in [0.25, 0.3) is 0 Å². The minimum absolute atomic E-state index is 0.0580. The number of anilines is 2. The highest BCUT2D eigenvalue weighted by Gasteiger charge is 2.27. The van der Waals surface area contributed by atoms with Gasteiger partial charge in [-0.2, -0.15) is 10.2 Å². The molecule has 1 heterocycles. The van der Waals surface area contributed by atoms with Crippen molar-refractivity contribution in [3.8, 4) is 23.8 Å². The van der Waals surface area contributed by atoms with E-state index < -0.39 is 12.1 Å².